The number of hydrogen-bond donors (Lipinski definition) is 0. The monoisotopic (exact) mass is 353 g/mol. The summed E-state index contributed by atoms with van der Waals surface area (Å²) in [4.78, 5) is 21.6. The SMILES string of the molecule is CC(C)(C)N1CCN([C@H]2C=C(c3cc4ncccc4c(=O)o3)CC2)CC1. The predicted molar refractivity (Wildman–Crippen MR) is 104 cm³/mol. The van der Waals surface area contributed by atoms with Crippen LogP contribution in [-0.4, -0.2) is 52.5 Å². The lowest BCUT2D eigenvalue weighted by atomic mass is 10.0. The first-order valence-corrected chi connectivity index (χ1v) is 9.51. The Bertz CT molecular complexity index is 886. The van der Waals surface area contributed by atoms with Crippen molar-refractivity contribution in [3.8, 4) is 0 Å². The van der Waals surface area contributed by atoms with Crippen LogP contribution in [0.4, 0.5) is 0 Å². The van der Waals surface area contributed by atoms with E-state index in [1.54, 1.807) is 18.3 Å². The third-order valence-electron chi connectivity index (χ3n) is 5.68. The van der Waals surface area contributed by atoms with Gasteiger partial charge in [0, 0.05) is 50.0 Å². The third-order valence-corrected chi connectivity index (χ3v) is 5.68. The van der Waals surface area contributed by atoms with Crippen LogP contribution in [0.15, 0.2) is 39.7 Å². The maximum atomic E-state index is 12.2. The number of pyridine rings is 1. The lowest BCUT2D eigenvalue weighted by Crippen LogP contribution is -2.55. The van der Waals surface area contributed by atoms with Gasteiger partial charge in [0.05, 0.1) is 10.9 Å². The quantitative estimate of drug-likeness (QED) is 0.830. The van der Waals surface area contributed by atoms with E-state index >= 15 is 0 Å². The standard InChI is InChI=1S/C21H27N3O2/c1-21(2,3)24-11-9-23(10-12-24)16-7-6-15(13-16)19-14-18-17(20(25)26-19)5-4-8-22-18/h4-5,8,13-14,16H,6-7,9-12H2,1-3H3/t16-/m1/s1. The van der Waals surface area contributed by atoms with Crippen LogP contribution >= 0.6 is 0 Å². The molecular formula is C21H27N3O2. The fourth-order valence-electron chi connectivity index (χ4n) is 4.09. The van der Waals surface area contributed by atoms with Gasteiger partial charge in [0.25, 0.3) is 0 Å². The summed E-state index contributed by atoms with van der Waals surface area (Å²) in [5, 5.41) is 0.546. The van der Waals surface area contributed by atoms with Gasteiger partial charge in [-0.05, 0) is 51.3 Å². The van der Waals surface area contributed by atoms with Crippen molar-refractivity contribution in [3.63, 3.8) is 0 Å². The van der Waals surface area contributed by atoms with Crippen LogP contribution in [0.25, 0.3) is 16.5 Å². The molecule has 5 heteroatoms. The molecular weight excluding hydrogens is 326 g/mol. The van der Waals surface area contributed by atoms with E-state index in [1.807, 2.05) is 6.07 Å². The molecule has 138 valence electrons. The Morgan fingerprint density at radius 3 is 2.69 bits per heavy atom. The molecule has 2 aliphatic rings. The van der Waals surface area contributed by atoms with E-state index in [4.69, 9.17) is 4.42 Å². The minimum Gasteiger partial charge on any atom is -0.423 e. The van der Waals surface area contributed by atoms with Crippen LogP contribution < -0.4 is 5.63 Å². The second-order valence-corrected chi connectivity index (χ2v) is 8.33. The van der Waals surface area contributed by atoms with Crippen LogP contribution in [0.2, 0.25) is 0 Å². The number of nitrogens with zero attached hydrogens (tertiary/aromatic N) is 3. The Balaban J connectivity index is 1.51. The highest BCUT2D eigenvalue weighted by Gasteiger charge is 2.30. The molecule has 1 fully saturated rings. The Morgan fingerprint density at radius 1 is 1.19 bits per heavy atom. The number of piperazine rings is 1. The summed E-state index contributed by atoms with van der Waals surface area (Å²) in [7, 11) is 0. The van der Waals surface area contributed by atoms with Gasteiger partial charge in [-0.3, -0.25) is 14.8 Å². The van der Waals surface area contributed by atoms with Crippen molar-refractivity contribution < 1.29 is 4.42 Å². The second-order valence-electron chi connectivity index (χ2n) is 8.33. The maximum absolute atomic E-state index is 12.2. The Kier molecular flexibility index (Phi) is 4.45. The smallest absolute Gasteiger partial charge is 0.345 e. The first kappa shape index (κ1) is 17.4. The Labute approximate surface area is 154 Å². The average Bonchev–Trinajstić information content (AvgIpc) is 3.11. The molecule has 0 radical (unpaired) electrons. The minimum atomic E-state index is -0.297. The number of rotatable bonds is 2. The largest absolute Gasteiger partial charge is 0.423 e. The van der Waals surface area contributed by atoms with Crippen LogP contribution in [-0.2, 0) is 0 Å². The Morgan fingerprint density at radius 2 is 1.96 bits per heavy atom. The van der Waals surface area contributed by atoms with Gasteiger partial charge in [-0.2, -0.15) is 0 Å². The van der Waals surface area contributed by atoms with Crippen molar-refractivity contribution >= 4 is 16.5 Å². The molecule has 5 nitrogen and oxygen atoms in total. The number of aromatic nitrogens is 1. The van der Waals surface area contributed by atoms with Gasteiger partial charge >= 0.3 is 5.63 Å². The molecule has 0 unspecified atom stereocenters. The molecule has 0 N–H and O–H groups in total. The molecule has 0 bridgehead atoms. The lowest BCUT2D eigenvalue weighted by Gasteiger charge is -2.43. The highest BCUT2D eigenvalue weighted by molar-refractivity contribution is 5.80. The van der Waals surface area contributed by atoms with E-state index in [9.17, 15) is 4.79 Å². The molecule has 26 heavy (non-hydrogen) atoms. The van der Waals surface area contributed by atoms with Crippen LogP contribution in [0.3, 0.4) is 0 Å². The summed E-state index contributed by atoms with van der Waals surface area (Å²) < 4.78 is 5.58. The van der Waals surface area contributed by atoms with E-state index in [0.717, 1.165) is 44.6 Å². The molecule has 4 rings (SSSR count). The summed E-state index contributed by atoms with van der Waals surface area (Å²) in [6.45, 7) is 11.3. The number of fused-ring (bicyclic) bond motifs is 1. The first-order chi connectivity index (χ1) is 12.4. The second kappa shape index (κ2) is 6.63. The third kappa shape index (κ3) is 3.33. The van der Waals surface area contributed by atoms with Crippen LogP contribution in [0.1, 0.15) is 39.4 Å². The summed E-state index contributed by atoms with van der Waals surface area (Å²) >= 11 is 0. The highest BCUT2D eigenvalue weighted by Crippen LogP contribution is 2.31. The van der Waals surface area contributed by atoms with Crippen LogP contribution in [0, 0.1) is 0 Å². The summed E-state index contributed by atoms with van der Waals surface area (Å²) in [6, 6.07) is 5.87. The molecule has 1 saturated heterocycles. The topological polar surface area (TPSA) is 49.6 Å². The van der Waals surface area contributed by atoms with Crippen molar-refractivity contribution in [1.29, 1.82) is 0 Å². The van der Waals surface area contributed by atoms with E-state index in [0.29, 0.717) is 22.7 Å². The van der Waals surface area contributed by atoms with Crippen molar-refractivity contribution in [2.24, 2.45) is 0 Å². The molecule has 0 amide bonds. The van der Waals surface area contributed by atoms with Crippen LogP contribution in [0.5, 0.6) is 0 Å². The minimum absolute atomic E-state index is 0.240. The zero-order valence-corrected chi connectivity index (χ0v) is 15.9. The van der Waals surface area contributed by atoms with Gasteiger partial charge in [0.1, 0.15) is 5.76 Å². The summed E-state index contributed by atoms with van der Waals surface area (Å²) in [6.07, 6.45) is 6.05. The fourth-order valence-corrected chi connectivity index (χ4v) is 4.09. The van der Waals surface area contributed by atoms with Crippen molar-refractivity contribution in [2.45, 2.75) is 45.2 Å². The Hall–Kier alpha value is -1.98. The molecule has 0 saturated carbocycles. The molecule has 0 spiro atoms. The lowest BCUT2D eigenvalue weighted by molar-refractivity contribution is 0.0509. The van der Waals surface area contributed by atoms with Gasteiger partial charge in [-0.1, -0.05) is 6.08 Å². The van der Waals surface area contributed by atoms with Gasteiger partial charge in [-0.15, -0.1) is 0 Å². The van der Waals surface area contributed by atoms with Crippen molar-refractivity contribution in [2.75, 3.05) is 26.2 Å². The number of hydrogen-bond acceptors (Lipinski definition) is 5. The van der Waals surface area contributed by atoms with Crippen molar-refractivity contribution in [3.05, 3.63) is 46.7 Å². The summed E-state index contributed by atoms with van der Waals surface area (Å²) in [5.74, 6) is 0.678. The first-order valence-electron chi connectivity index (χ1n) is 9.51. The zero-order valence-electron chi connectivity index (χ0n) is 15.9. The number of allylic oxidation sites excluding steroid dienone is 1. The van der Waals surface area contributed by atoms with E-state index in [1.165, 1.54) is 0 Å². The fraction of sp³-hybridized carbons (Fsp3) is 0.524. The molecule has 1 atom stereocenters. The molecule has 1 aliphatic carbocycles. The average molecular weight is 353 g/mol. The highest BCUT2D eigenvalue weighted by atomic mass is 16.4. The zero-order chi connectivity index (χ0) is 18.3. The molecule has 2 aromatic heterocycles. The normalized spacial score (nSPS) is 22.7. The van der Waals surface area contributed by atoms with Gasteiger partial charge in [0.15, 0.2) is 0 Å². The maximum Gasteiger partial charge on any atom is 0.345 e. The van der Waals surface area contributed by atoms with Gasteiger partial charge in [-0.25, -0.2) is 4.79 Å². The molecule has 3 heterocycles. The van der Waals surface area contributed by atoms with Gasteiger partial charge in [0.2, 0.25) is 0 Å². The summed E-state index contributed by atoms with van der Waals surface area (Å²) in [5.41, 5.74) is 1.79. The van der Waals surface area contributed by atoms with E-state index < -0.39 is 0 Å². The molecule has 0 aromatic carbocycles. The van der Waals surface area contributed by atoms with E-state index in [-0.39, 0.29) is 11.2 Å². The van der Waals surface area contributed by atoms with Crippen molar-refractivity contribution in [1.82, 2.24) is 14.8 Å². The molecule has 1 aliphatic heterocycles. The van der Waals surface area contributed by atoms with E-state index in [2.05, 4.69) is 41.6 Å². The molecule has 2 aromatic rings. The van der Waals surface area contributed by atoms with Gasteiger partial charge < -0.3 is 4.42 Å². The predicted octanol–water partition coefficient (Wildman–Crippen LogP) is 3.15.